The molecule has 2 atom stereocenters. The van der Waals surface area contributed by atoms with Crippen LogP contribution in [0.25, 0.3) is 0 Å². The molecule has 0 radical (unpaired) electrons. The second-order valence-corrected chi connectivity index (χ2v) is 5.97. The van der Waals surface area contributed by atoms with Gasteiger partial charge < -0.3 is 10.1 Å². The third-order valence-corrected chi connectivity index (χ3v) is 3.97. The van der Waals surface area contributed by atoms with Crippen LogP contribution in [0.15, 0.2) is 0 Å². The average molecular weight is 256 g/mol. The highest BCUT2D eigenvalue weighted by Crippen LogP contribution is 2.21. The van der Waals surface area contributed by atoms with Gasteiger partial charge in [-0.05, 0) is 44.2 Å². The Morgan fingerprint density at radius 3 is 2.78 bits per heavy atom. The van der Waals surface area contributed by atoms with Crippen molar-refractivity contribution in [1.29, 1.82) is 0 Å². The van der Waals surface area contributed by atoms with Crippen LogP contribution in [0.3, 0.4) is 0 Å². The number of ether oxygens (including phenoxy) is 1. The Bertz CT molecular complexity index is 207. The zero-order valence-electron chi connectivity index (χ0n) is 12.7. The van der Waals surface area contributed by atoms with E-state index < -0.39 is 0 Å². The fourth-order valence-electron chi connectivity index (χ4n) is 2.98. The molecule has 0 spiro atoms. The molecule has 0 amide bonds. The molecule has 3 heteroatoms. The molecule has 18 heavy (non-hydrogen) atoms. The fourth-order valence-corrected chi connectivity index (χ4v) is 2.98. The highest BCUT2D eigenvalue weighted by atomic mass is 16.5. The van der Waals surface area contributed by atoms with Crippen molar-refractivity contribution in [3.05, 3.63) is 0 Å². The maximum absolute atomic E-state index is 5.33. The first kappa shape index (κ1) is 15.9. The minimum absolute atomic E-state index is 0.677. The van der Waals surface area contributed by atoms with Crippen LogP contribution in [0, 0.1) is 11.8 Å². The molecule has 0 saturated carbocycles. The smallest absolute Gasteiger partial charge is 0.0502 e. The van der Waals surface area contributed by atoms with Crippen LogP contribution in [0.2, 0.25) is 0 Å². The minimum Gasteiger partial charge on any atom is -0.384 e. The predicted octanol–water partition coefficient (Wildman–Crippen LogP) is 2.37. The largest absolute Gasteiger partial charge is 0.384 e. The molecule has 0 bridgehead atoms. The number of methoxy groups -OCH3 is 1. The van der Waals surface area contributed by atoms with Gasteiger partial charge in [-0.3, -0.25) is 4.90 Å². The van der Waals surface area contributed by atoms with Crippen molar-refractivity contribution >= 4 is 0 Å². The van der Waals surface area contributed by atoms with Crippen molar-refractivity contribution in [3.63, 3.8) is 0 Å². The molecule has 1 fully saturated rings. The molecule has 1 aliphatic heterocycles. The van der Waals surface area contributed by atoms with E-state index in [2.05, 4.69) is 31.0 Å². The van der Waals surface area contributed by atoms with E-state index in [0.717, 1.165) is 31.5 Å². The summed E-state index contributed by atoms with van der Waals surface area (Å²) in [6.45, 7) is 12.6. The quantitative estimate of drug-likeness (QED) is 0.675. The van der Waals surface area contributed by atoms with E-state index in [0.29, 0.717) is 6.04 Å². The van der Waals surface area contributed by atoms with Crippen molar-refractivity contribution in [3.8, 4) is 0 Å². The molecular weight excluding hydrogens is 224 g/mol. The molecule has 0 aliphatic carbocycles. The average Bonchev–Trinajstić information content (AvgIpc) is 2.35. The summed E-state index contributed by atoms with van der Waals surface area (Å²) in [7, 11) is 1.82. The maximum atomic E-state index is 5.33. The summed E-state index contributed by atoms with van der Waals surface area (Å²) >= 11 is 0. The number of piperidine rings is 1. The van der Waals surface area contributed by atoms with Crippen molar-refractivity contribution in [1.82, 2.24) is 10.2 Å². The van der Waals surface area contributed by atoms with Crippen LogP contribution >= 0.6 is 0 Å². The van der Waals surface area contributed by atoms with Gasteiger partial charge in [-0.15, -0.1) is 0 Å². The van der Waals surface area contributed by atoms with Gasteiger partial charge in [0, 0.05) is 26.2 Å². The second-order valence-electron chi connectivity index (χ2n) is 5.97. The van der Waals surface area contributed by atoms with E-state index in [4.69, 9.17) is 4.74 Å². The number of likely N-dealkylation sites (tertiary alicyclic amines) is 1. The van der Waals surface area contributed by atoms with Crippen molar-refractivity contribution in [2.75, 3.05) is 39.9 Å². The lowest BCUT2D eigenvalue weighted by molar-refractivity contribution is 0.0545. The predicted molar refractivity (Wildman–Crippen MR) is 78.0 cm³/mol. The number of hydrogen-bond donors (Lipinski definition) is 1. The lowest BCUT2D eigenvalue weighted by Crippen LogP contribution is -2.50. The topological polar surface area (TPSA) is 24.5 Å². The molecule has 0 aromatic heterocycles. The Labute approximate surface area is 113 Å². The Balaban J connectivity index is 2.45. The Morgan fingerprint density at radius 2 is 2.17 bits per heavy atom. The highest BCUT2D eigenvalue weighted by Gasteiger charge is 2.27. The van der Waals surface area contributed by atoms with Crippen molar-refractivity contribution < 1.29 is 4.74 Å². The van der Waals surface area contributed by atoms with Gasteiger partial charge in [0.1, 0.15) is 0 Å². The standard InChI is InChI=1S/C15H32N2O/c1-5-8-16-10-15(13(2)3)17-9-6-7-14(11-17)12-18-4/h13-16H,5-12H2,1-4H3. The molecule has 1 N–H and O–H groups in total. The highest BCUT2D eigenvalue weighted by molar-refractivity contribution is 4.82. The van der Waals surface area contributed by atoms with E-state index in [1.807, 2.05) is 7.11 Å². The molecule has 1 heterocycles. The number of hydrogen-bond acceptors (Lipinski definition) is 3. The Morgan fingerprint density at radius 1 is 1.39 bits per heavy atom. The summed E-state index contributed by atoms with van der Waals surface area (Å²) in [5.41, 5.74) is 0. The molecule has 1 aliphatic rings. The zero-order chi connectivity index (χ0) is 13.4. The van der Waals surface area contributed by atoms with E-state index >= 15 is 0 Å². The SMILES string of the molecule is CCCNCC(C(C)C)N1CCCC(COC)C1. The Hall–Kier alpha value is -0.120. The minimum atomic E-state index is 0.677. The van der Waals surface area contributed by atoms with Crippen LogP contribution in [-0.2, 0) is 4.74 Å². The van der Waals surface area contributed by atoms with Gasteiger partial charge in [0.25, 0.3) is 0 Å². The van der Waals surface area contributed by atoms with Gasteiger partial charge in [0.15, 0.2) is 0 Å². The third-order valence-electron chi connectivity index (χ3n) is 3.97. The lowest BCUT2D eigenvalue weighted by atomic mass is 9.94. The molecular formula is C15H32N2O. The van der Waals surface area contributed by atoms with Crippen LogP contribution in [0.4, 0.5) is 0 Å². The molecule has 0 aromatic rings. The first-order valence-corrected chi connectivity index (χ1v) is 7.62. The van der Waals surface area contributed by atoms with Gasteiger partial charge >= 0.3 is 0 Å². The van der Waals surface area contributed by atoms with Crippen molar-refractivity contribution in [2.45, 2.75) is 46.1 Å². The van der Waals surface area contributed by atoms with E-state index in [-0.39, 0.29) is 0 Å². The van der Waals surface area contributed by atoms with Crippen LogP contribution < -0.4 is 5.32 Å². The molecule has 3 nitrogen and oxygen atoms in total. The zero-order valence-corrected chi connectivity index (χ0v) is 12.7. The van der Waals surface area contributed by atoms with E-state index in [1.165, 1.54) is 32.4 Å². The summed E-state index contributed by atoms with van der Waals surface area (Å²) < 4.78 is 5.33. The summed E-state index contributed by atoms with van der Waals surface area (Å²) in [4.78, 5) is 2.68. The van der Waals surface area contributed by atoms with Crippen LogP contribution in [0.1, 0.15) is 40.0 Å². The first-order valence-electron chi connectivity index (χ1n) is 7.62. The molecule has 1 saturated heterocycles. The van der Waals surface area contributed by atoms with Crippen LogP contribution in [-0.4, -0.2) is 50.8 Å². The van der Waals surface area contributed by atoms with Gasteiger partial charge in [-0.1, -0.05) is 20.8 Å². The van der Waals surface area contributed by atoms with E-state index in [9.17, 15) is 0 Å². The van der Waals surface area contributed by atoms with Gasteiger partial charge in [-0.2, -0.15) is 0 Å². The number of nitrogens with one attached hydrogen (secondary N) is 1. The number of rotatable bonds is 8. The normalized spacial score (nSPS) is 23.5. The number of nitrogens with zero attached hydrogens (tertiary/aromatic N) is 1. The lowest BCUT2D eigenvalue weighted by Gasteiger charge is -2.40. The molecule has 2 unspecified atom stereocenters. The third kappa shape index (κ3) is 5.25. The fraction of sp³-hybridized carbons (Fsp3) is 1.00. The van der Waals surface area contributed by atoms with Gasteiger partial charge in [0.2, 0.25) is 0 Å². The van der Waals surface area contributed by atoms with Crippen LogP contribution in [0.5, 0.6) is 0 Å². The monoisotopic (exact) mass is 256 g/mol. The molecule has 0 aromatic carbocycles. The Kier molecular flexibility index (Phi) is 7.87. The maximum Gasteiger partial charge on any atom is 0.0502 e. The van der Waals surface area contributed by atoms with Gasteiger partial charge in [0.05, 0.1) is 6.61 Å². The van der Waals surface area contributed by atoms with E-state index in [1.54, 1.807) is 0 Å². The van der Waals surface area contributed by atoms with Crippen molar-refractivity contribution in [2.24, 2.45) is 11.8 Å². The van der Waals surface area contributed by atoms with Gasteiger partial charge in [-0.25, -0.2) is 0 Å². The summed E-state index contributed by atoms with van der Waals surface area (Å²) in [5.74, 6) is 1.45. The first-order chi connectivity index (χ1) is 8.69. The summed E-state index contributed by atoms with van der Waals surface area (Å²) in [6.07, 6.45) is 3.87. The summed E-state index contributed by atoms with van der Waals surface area (Å²) in [6, 6.07) is 0.677. The second kappa shape index (κ2) is 8.89. The molecule has 1 rings (SSSR count). The summed E-state index contributed by atoms with van der Waals surface area (Å²) in [5, 5.41) is 3.59. The molecule has 108 valence electrons.